The summed E-state index contributed by atoms with van der Waals surface area (Å²) in [5, 5.41) is 0.600. The van der Waals surface area contributed by atoms with Gasteiger partial charge in [-0.1, -0.05) is 19.1 Å². The number of urea groups is 1. The van der Waals surface area contributed by atoms with Gasteiger partial charge in [0.15, 0.2) is 0 Å². The van der Waals surface area contributed by atoms with Gasteiger partial charge in [-0.05, 0) is 47.9 Å². The fourth-order valence-corrected chi connectivity index (χ4v) is 3.40. The molecule has 1 saturated heterocycles. The number of hydrogen-bond acceptors (Lipinski definition) is 6. The maximum absolute atomic E-state index is 12.9. The van der Waals surface area contributed by atoms with Crippen molar-refractivity contribution in [2.24, 2.45) is 0 Å². The second-order valence-electron chi connectivity index (χ2n) is 6.79. The van der Waals surface area contributed by atoms with Crippen molar-refractivity contribution in [2.75, 3.05) is 12.0 Å². The number of anilines is 1. The highest BCUT2D eigenvalue weighted by Gasteiger charge is 2.45. The maximum atomic E-state index is 12.9. The molecule has 152 valence electrons. The molecule has 0 aliphatic carbocycles. The van der Waals surface area contributed by atoms with Gasteiger partial charge in [-0.15, -0.1) is 0 Å². The number of amides is 4. The second kappa shape index (κ2) is 7.47. The highest BCUT2D eigenvalue weighted by atomic mass is 16.5. The van der Waals surface area contributed by atoms with E-state index in [9.17, 15) is 19.2 Å². The Morgan fingerprint density at radius 1 is 0.933 bits per heavy atom. The van der Waals surface area contributed by atoms with Crippen molar-refractivity contribution in [3.8, 4) is 5.75 Å². The number of fused-ring (bicyclic) bond motifs is 1. The molecule has 8 nitrogen and oxygen atoms in total. The summed E-state index contributed by atoms with van der Waals surface area (Å²) in [7, 11) is 1.50. The van der Waals surface area contributed by atoms with Crippen LogP contribution in [0.5, 0.6) is 5.75 Å². The van der Waals surface area contributed by atoms with Crippen LogP contribution in [0.2, 0.25) is 0 Å². The maximum Gasteiger partial charge on any atom is 0.339 e. The average Bonchev–Trinajstić information content (AvgIpc) is 2.96. The normalized spacial score (nSPS) is 14.1. The van der Waals surface area contributed by atoms with E-state index >= 15 is 0 Å². The molecule has 4 amide bonds. The third-order valence-corrected chi connectivity index (χ3v) is 5.02. The van der Waals surface area contributed by atoms with E-state index in [0.717, 1.165) is 21.8 Å². The van der Waals surface area contributed by atoms with Crippen LogP contribution in [0.4, 0.5) is 10.5 Å². The van der Waals surface area contributed by atoms with E-state index in [-0.39, 0.29) is 12.2 Å². The molecule has 2 aromatic carbocycles. The molecular formula is C22H18N2O6. The lowest BCUT2D eigenvalue weighted by molar-refractivity contribution is -0.139. The molecule has 0 N–H and O–H groups in total. The van der Waals surface area contributed by atoms with E-state index in [4.69, 9.17) is 9.15 Å². The zero-order valence-corrected chi connectivity index (χ0v) is 16.4. The van der Waals surface area contributed by atoms with Gasteiger partial charge in [-0.3, -0.25) is 14.5 Å². The summed E-state index contributed by atoms with van der Waals surface area (Å²) in [4.78, 5) is 51.6. The average molecular weight is 406 g/mol. The summed E-state index contributed by atoms with van der Waals surface area (Å²) in [5.41, 5.74) is 1.44. The fourth-order valence-electron chi connectivity index (χ4n) is 3.40. The first-order chi connectivity index (χ1) is 14.4. The van der Waals surface area contributed by atoms with Crippen LogP contribution in [-0.4, -0.2) is 29.9 Å². The highest BCUT2D eigenvalue weighted by molar-refractivity contribution is 6.52. The molecule has 30 heavy (non-hydrogen) atoms. The van der Waals surface area contributed by atoms with Crippen molar-refractivity contribution in [3.63, 3.8) is 0 Å². The summed E-state index contributed by atoms with van der Waals surface area (Å²) in [6.07, 6.45) is 0.762. The van der Waals surface area contributed by atoms with Gasteiger partial charge < -0.3 is 9.15 Å². The molecule has 0 spiro atoms. The van der Waals surface area contributed by atoms with Gasteiger partial charge in [-0.2, -0.15) is 0 Å². The lowest BCUT2D eigenvalue weighted by Crippen LogP contribution is -2.33. The number of methoxy groups -OCH3 is 1. The van der Waals surface area contributed by atoms with Crippen molar-refractivity contribution in [2.45, 2.75) is 19.9 Å². The Bertz CT molecular complexity index is 1230. The minimum atomic E-state index is -0.956. The monoisotopic (exact) mass is 406 g/mol. The fraction of sp³-hybridized carbons (Fsp3) is 0.182. The molecule has 8 heteroatoms. The Morgan fingerprint density at radius 3 is 2.33 bits per heavy atom. The van der Waals surface area contributed by atoms with E-state index in [1.807, 2.05) is 13.0 Å². The Morgan fingerprint density at radius 2 is 1.67 bits per heavy atom. The van der Waals surface area contributed by atoms with Crippen molar-refractivity contribution in [1.29, 1.82) is 0 Å². The van der Waals surface area contributed by atoms with E-state index in [1.54, 1.807) is 24.3 Å². The summed E-state index contributed by atoms with van der Waals surface area (Å²) in [5.74, 6) is -1.36. The second-order valence-corrected chi connectivity index (χ2v) is 6.79. The molecule has 4 rings (SSSR count). The summed E-state index contributed by atoms with van der Waals surface area (Å²) < 4.78 is 10.3. The Balaban J connectivity index is 1.69. The van der Waals surface area contributed by atoms with Crippen LogP contribution in [0.15, 0.2) is 57.7 Å². The first-order valence-electron chi connectivity index (χ1n) is 9.32. The predicted octanol–water partition coefficient (Wildman–Crippen LogP) is 2.86. The van der Waals surface area contributed by atoms with Gasteiger partial charge in [-0.25, -0.2) is 14.5 Å². The third kappa shape index (κ3) is 3.22. The van der Waals surface area contributed by atoms with Crippen LogP contribution >= 0.6 is 0 Å². The summed E-state index contributed by atoms with van der Waals surface area (Å²) in [6.45, 7) is 1.76. The molecule has 1 aliphatic heterocycles. The molecule has 3 aromatic rings. The predicted molar refractivity (Wildman–Crippen MR) is 108 cm³/mol. The number of carbonyl (C=O) groups is 3. The first kappa shape index (κ1) is 19.4. The SMILES string of the molecule is CCc1ccc2c(CN3C(=O)C(=O)N(c4ccc(OC)cc4)C3=O)cc(=O)oc2c1. The van der Waals surface area contributed by atoms with Gasteiger partial charge in [0, 0.05) is 11.5 Å². The van der Waals surface area contributed by atoms with Crippen LogP contribution in [0, 0.1) is 0 Å². The van der Waals surface area contributed by atoms with Crippen LogP contribution in [0.1, 0.15) is 18.1 Å². The molecule has 0 bridgehead atoms. The number of imide groups is 2. The van der Waals surface area contributed by atoms with Gasteiger partial charge in [0.2, 0.25) is 0 Å². The van der Waals surface area contributed by atoms with Gasteiger partial charge >= 0.3 is 23.5 Å². The van der Waals surface area contributed by atoms with Crippen LogP contribution in [-0.2, 0) is 22.6 Å². The largest absolute Gasteiger partial charge is 0.497 e. The van der Waals surface area contributed by atoms with Crippen molar-refractivity contribution < 1.29 is 23.5 Å². The number of ether oxygens (including phenoxy) is 1. The van der Waals surface area contributed by atoms with Crippen molar-refractivity contribution >= 4 is 34.5 Å². The molecule has 1 fully saturated rings. The van der Waals surface area contributed by atoms with E-state index < -0.39 is 23.5 Å². The first-order valence-corrected chi connectivity index (χ1v) is 9.32. The zero-order chi connectivity index (χ0) is 21.4. The molecule has 0 atom stereocenters. The van der Waals surface area contributed by atoms with Gasteiger partial charge in [0.25, 0.3) is 0 Å². The molecular weight excluding hydrogens is 388 g/mol. The van der Waals surface area contributed by atoms with Crippen LogP contribution < -0.4 is 15.3 Å². The zero-order valence-electron chi connectivity index (χ0n) is 16.4. The minimum absolute atomic E-state index is 0.219. The van der Waals surface area contributed by atoms with Crippen molar-refractivity contribution in [1.82, 2.24) is 4.90 Å². The Labute approximate surface area is 171 Å². The summed E-state index contributed by atoms with van der Waals surface area (Å²) in [6, 6.07) is 12.1. The van der Waals surface area contributed by atoms with Crippen LogP contribution in [0.3, 0.4) is 0 Å². The van der Waals surface area contributed by atoms with E-state index in [0.29, 0.717) is 22.3 Å². The highest BCUT2D eigenvalue weighted by Crippen LogP contribution is 2.27. The number of hydrogen-bond donors (Lipinski definition) is 0. The standard InChI is InChI=1S/C22H18N2O6/c1-3-13-4-9-17-14(11-19(25)30-18(17)10-13)12-23-20(26)21(27)24(22(23)28)15-5-7-16(29-2)8-6-15/h4-11H,3,12H2,1-2H3. The van der Waals surface area contributed by atoms with E-state index in [2.05, 4.69) is 0 Å². The molecule has 2 heterocycles. The molecule has 0 unspecified atom stereocenters. The number of benzene rings is 2. The third-order valence-electron chi connectivity index (χ3n) is 5.02. The quantitative estimate of drug-likeness (QED) is 0.367. The van der Waals surface area contributed by atoms with Gasteiger partial charge in [0.1, 0.15) is 11.3 Å². The Kier molecular flexibility index (Phi) is 4.83. The lowest BCUT2D eigenvalue weighted by atomic mass is 10.1. The molecule has 0 saturated carbocycles. The Hall–Kier alpha value is -3.94. The summed E-state index contributed by atoms with van der Waals surface area (Å²) >= 11 is 0. The number of nitrogens with zero attached hydrogens (tertiary/aromatic N) is 2. The smallest absolute Gasteiger partial charge is 0.339 e. The van der Waals surface area contributed by atoms with Gasteiger partial charge in [0.05, 0.1) is 19.3 Å². The number of carbonyl (C=O) groups excluding carboxylic acids is 3. The minimum Gasteiger partial charge on any atom is -0.497 e. The molecule has 1 aliphatic rings. The molecule has 0 radical (unpaired) electrons. The van der Waals surface area contributed by atoms with Crippen LogP contribution in [0.25, 0.3) is 11.0 Å². The van der Waals surface area contributed by atoms with E-state index in [1.165, 1.54) is 25.3 Å². The topological polar surface area (TPSA) is 97.1 Å². The van der Waals surface area contributed by atoms with Crippen molar-refractivity contribution in [3.05, 3.63) is 70.1 Å². The lowest BCUT2D eigenvalue weighted by Gasteiger charge is -2.16. The molecule has 1 aromatic heterocycles. The number of rotatable bonds is 5. The number of aryl methyl sites for hydroxylation is 1.